The highest BCUT2D eigenvalue weighted by Gasteiger charge is 2.52. The molecule has 4 aliphatic heterocycles. The summed E-state index contributed by atoms with van der Waals surface area (Å²) in [5.74, 6) is -13.6. The van der Waals surface area contributed by atoms with Gasteiger partial charge in [-0.25, -0.2) is 27.0 Å². The second kappa shape index (κ2) is 54.5. The van der Waals surface area contributed by atoms with E-state index < -0.39 is 147 Å². The molecule has 6 aliphatic rings. The molecule has 10 N–H and O–H groups in total. The van der Waals surface area contributed by atoms with E-state index in [1.54, 1.807) is 72.8 Å². The number of para-hydroxylation sites is 2. The number of halogens is 4. The topological polar surface area (TPSA) is 570 Å². The van der Waals surface area contributed by atoms with Crippen molar-refractivity contribution in [2.24, 2.45) is 17.8 Å². The number of thioether (sulfide) groups is 2. The Hall–Kier alpha value is -12.9. The molecule has 44 nitrogen and oxygen atoms in total. The SMILES string of the molecule is N#C[C@@H]1CC(F)(F)CN1C(=O)CNC(=O)c1ccnc2c(OCCCNC(=O)CCCCCSCC(=O)N3CN(C(=O)CSCCCCCC(=O)NCCCOc4cccc5c(C(=O)NCC(=O)N6CC(F)(F)C[C@H]6C#N)ccnc45)CN(C(=O)Cn4nnc5c4CC[C@@H]4[C@H](CC5)[C@@H]4COC(=O)NCCNC(=O)CCC(C(=O)O)N4CCN(CC(=O)O)CCN(CC(=O)O)CCN(CC(=O)O)CC4)C3)cccc12. The summed E-state index contributed by atoms with van der Waals surface area (Å²) >= 11 is 2.77. The molecular formula is C93H122F4N22O22S2. The third kappa shape index (κ3) is 34.2. The molecule has 7 heterocycles. The number of carbonyl (C=O) groups excluding carboxylic acids is 11. The summed E-state index contributed by atoms with van der Waals surface area (Å²) in [4.78, 5) is 216. The smallest absolute Gasteiger partial charge is 0.407 e. The number of unbranched alkanes of at least 4 members (excludes halogenated alkanes) is 4. The lowest BCUT2D eigenvalue weighted by molar-refractivity contribution is -0.157. The van der Waals surface area contributed by atoms with Crippen LogP contribution in [0.5, 0.6) is 11.5 Å². The predicted molar refractivity (Wildman–Crippen MR) is 506 cm³/mol. The van der Waals surface area contributed by atoms with Crippen molar-refractivity contribution in [1.29, 1.82) is 10.5 Å². The number of nitrogens with one attached hydrogen (secondary N) is 6. The molecule has 2 aromatic carbocycles. The van der Waals surface area contributed by atoms with Crippen LogP contribution < -0.4 is 41.4 Å². The number of alkyl halides is 4. The fourth-order valence-corrected chi connectivity index (χ4v) is 19.8. The molecule has 6 atom stereocenters. The van der Waals surface area contributed by atoms with Crippen LogP contribution in [-0.2, 0) is 81.7 Å². The molecule has 4 saturated heterocycles. The standard InChI is InChI=1S/C93H122F4N22O22S2/c94-92(95)43-61(45-98)117(56-92)78(123)47-106-88(134)67-23-27-103-86-65(67)11-7-13-73(86)139-39-9-25-100-75(120)15-3-1-5-41-142-54-81(126)115-58-114(59-116(60-115)82(127)55-143-42-6-2-4-16-76(121)101-26-10-40-140-74-14-8-12-66-68(24-28-104-87(66)74)89(135)107-48-79(124)118-57-93(96,97)44-62(118)46-99)80(125)49-119-71-20-18-64-63(17-19-70(71)108-109-119)69(64)53-141-91(138)105-30-29-102-77(122)22-21-72(90(136)137)113-37-35-111(51-84(130)131)33-31-110(50-83(128)129)32-34-112(36-38-113)52-85(132)133/h7-8,11-14,23-24,27-28,61-64,69,72H,1-6,9-10,15-22,25-26,29-44,47-60H2,(H,100,120)(H,101,121)(H,102,122)(H,105,138)(H,106,134)(H,107,135)(H,128,129)(H,130,131)(H,132,133)(H,136,137)/t61-,62-,63-,64+,69-,72?/m0/s1. The van der Waals surface area contributed by atoms with Crippen LogP contribution in [0.3, 0.4) is 0 Å². The highest BCUT2D eigenvalue weighted by atomic mass is 32.2. The van der Waals surface area contributed by atoms with Gasteiger partial charge in [-0.3, -0.25) is 96.7 Å². The van der Waals surface area contributed by atoms with Crippen LogP contribution in [0.1, 0.15) is 135 Å². The molecule has 776 valence electrons. The van der Waals surface area contributed by atoms with Crippen molar-refractivity contribution in [3.05, 3.63) is 83.4 Å². The Morgan fingerprint density at radius 3 is 1.40 bits per heavy atom. The zero-order valence-corrected chi connectivity index (χ0v) is 80.9. The highest BCUT2D eigenvalue weighted by molar-refractivity contribution is 8.00. The van der Waals surface area contributed by atoms with Crippen LogP contribution in [0.15, 0.2) is 60.9 Å². The number of aryl methyl sites for hydroxylation is 1. The molecule has 0 radical (unpaired) electrons. The lowest BCUT2D eigenvalue weighted by Crippen LogP contribution is -2.60. The number of alkyl carbamates (subject to hydrolysis) is 1. The summed E-state index contributed by atoms with van der Waals surface area (Å²) in [6.07, 6.45) is 7.71. The zero-order valence-electron chi connectivity index (χ0n) is 79.3. The van der Waals surface area contributed by atoms with E-state index >= 15 is 0 Å². The number of aromatic nitrogens is 5. The molecule has 5 aromatic rings. The molecule has 50 heteroatoms. The summed E-state index contributed by atoms with van der Waals surface area (Å²) < 4.78 is 75.2. The average molecular weight is 2040 g/mol. The number of carbonyl (C=O) groups is 15. The number of nitrogens with zero attached hydrogens (tertiary/aromatic N) is 16. The average Bonchev–Trinajstić information content (AvgIpc) is 1.60. The number of rotatable bonds is 50. The van der Waals surface area contributed by atoms with Crippen molar-refractivity contribution in [2.75, 3.05) is 187 Å². The summed E-state index contributed by atoms with van der Waals surface area (Å²) in [6, 6.07) is 12.4. The van der Waals surface area contributed by atoms with Gasteiger partial charge in [-0.1, -0.05) is 42.3 Å². The molecule has 0 spiro atoms. The Kier molecular flexibility index (Phi) is 42.1. The van der Waals surface area contributed by atoms with Crippen molar-refractivity contribution in [3.63, 3.8) is 0 Å². The highest BCUT2D eigenvalue weighted by Crippen LogP contribution is 2.53. The van der Waals surface area contributed by atoms with E-state index in [4.69, 9.17) is 14.2 Å². The fourth-order valence-electron chi connectivity index (χ4n) is 18.0. The Morgan fingerprint density at radius 2 is 0.937 bits per heavy atom. The van der Waals surface area contributed by atoms with Crippen LogP contribution in [0.4, 0.5) is 22.4 Å². The number of carboxylic acid groups (broad SMARTS) is 4. The van der Waals surface area contributed by atoms with E-state index in [-0.39, 0.29) is 208 Å². The maximum absolute atomic E-state index is 14.6. The molecule has 1 unspecified atom stereocenters. The number of amides is 11. The molecule has 1 saturated carbocycles. The van der Waals surface area contributed by atoms with Crippen molar-refractivity contribution < 1.29 is 124 Å². The number of ether oxygens (including phenoxy) is 3. The fraction of sp³-hybridized carbons (Fsp3) is 0.602. The first-order valence-corrected chi connectivity index (χ1v) is 50.1. The first kappa shape index (κ1) is 110. The number of hydrogen-bond acceptors (Lipinski definition) is 30. The van der Waals surface area contributed by atoms with Crippen molar-refractivity contribution >= 4 is 134 Å². The molecule has 143 heavy (non-hydrogen) atoms. The van der Waals surface area contributed by atoms with E-state index in [0.717, 1.165) is 15.5 Å². The van der Waals surface area contributed by atoms with E-state index in [1.807, 2.05) is 0 Å². The van der Waals surface area contributed by atoms with E-state index in [9.17, 15) is 120 Å². The number of benzene rings is 2. The summed E-state index contributed by atoms with van der Waals surface area (Å²) in [5.41, 5.74) is 2.49. The number of nitriles is 2. The number of fused-ring (bicyclic) bond motifs is 4. The maximum atomic E-state index is 14.6. The summed E-state index contributed by atoms with van der Waals surface area (Å²) in [7, 11) is 0. The Morgan fingerprint density at radius 1 is 0.497 bits per heavy atom. The molecule has 2 aliphatic carbocycles. The van der Waals surface area contributed by atoms with Gasteiger partial charge in [0.2, 0.25) is 47.3 Å². The zero-order chi connectivity index (χ0) is 103. The number of aliphatic carboxylic acids is 4. The van der Waals surface area contributed by atoms with Crippen LogP contribution in [0, 0.1) is 40.4 Å². The molecule has 11 amide bonds. The third-order valence-corrected chi connectivity index (χ3v) is 27.6. The lowest BCUT2D eigenvalue weighted by Gasteiger charge is -2.42. The number of likely N-dealkylation sites (tertiary alicyclic amines) is 2. The number of carboxylic acids is 4. The molecule has 3 aromatic heterocycles. The van der Waals surface area contributed by atoms with Gasteiger partial charge in [0.1, 0.15) is 47.2 Å². The Bertz CT molecular complexity index is 5190. The maximum Gasteiger partial charge on any atom is 0.407 e. The second-order valence-electron chi connectivity index (χ2n) is 35.9. The van der Waals surface area contributed by atoms with E-state index in [0.29, 0.717) is 141 Å². The van der Waals surface area contributed by atoms with Gasteiger partial charge in [0.05, 0.1) is 132 Å². The van der Waals surface area contributed by atoms with E-state index in [2.05, 4.69) is 52.2 Å². The minimum atomic E-state index is -3.21. The second-order valence-corrected chi connectivity index (χ2v) is 38.1. The largest absolute Gasteiger partial charge is 0.491 e. The monoisotopic (exact) mass is 2040 g/mol. The summed E-state index contributed by atoms with van der Waals surface area (Å²) in [5, 5.41) is 83.5. The Labute approximate surface area is 830 Å². The first-order valence-electron chi connectivity index (χ1n) is 47.7. The van der Waals surface area contributed by atoms with Gasteiger partial charge in [0, 0.05) is 134 Å². The number of pyridine rings is 2. The van der Waals surface area contributed by atoms with Gasteiger partial charge in [-0.2, -0.15) is 34.0 Å². The van der Waals surface area contributed by atoms with Crippen LogP contribution >= 0.6 is 23.5 Å². The minimum absolute atomic E-state index is 0.0210. The van der Waals surface area contributed by atoms with Crippen LogP contribution in [0.2, 0.25) is 0 Å². The third-order valence-electron chi connectivity index (χ3n) is 25.5. The quantitative estimate of drug-likeness (QED) is 0.0198. The van der Waals surface area contributed by atoms with Crippen molar-refractivity contribution in [2.45, 2.75) is 152 Å². The van der Waals surface area contributed by atoms with Crippen molar-refractivity contribution in [1.82, 2.24) is 101 Å². The van der Waals surface area contributed by atoms with Crippen molar-refractivity contribution in [3.8, 4) is 23.6 Å². The number of hydrogen-bond donors (Lipinski definition) is 10. The predicted octanol–water partition coefficient (Wildman–Crippen LogP) is 2.78. The van der Waals surface area contributed by atoms with Crippen LogP contribution in [0.25, 0.3) is 21.8 Å². The van der Waals surface area contributed by atoms with Gasteiger partial charge >= 0.3 is 30.0 Å². The normalized spacial score (nSPS) is 19.0. The van der Waals surface area contributed by atoms with Gasteiger partial charge in [-0.15, -0.1) is 5.10 Å². The Balaban J connectivity index is 0.598. The summed E-state index contributed by atoms with van der Waals surface area (Å²) in [6.45, 7) is -2.95. The first-order chi connectivity index (χ1) is 68.6. The van der Waals surface area contributed by atoms with Gasteiger partial charge in [-0.05, 0) is 124 Å². The lowest BCUT2D eigenvalue weighted by atomic mass is 10.0. The molecule has 11 rings (SSSR count). The van der Waals surface area contributed by atoms with Gasteiger partial charge in [0.25, 0.3) is 23.7 Å². The van der Waals surface area contributed by atoms with Gasteiger partial charge < -0.3 is 91.0 Å². The molecular weight excluding hydrogens is 1920 g/mol. The van der Waals surface area contributed by atoms with Crippen LogP contribution in [-0.4, -0.2) is 396 Å². The van der Waals surface area contributed by atoms with Gasteiger partial charge in [0.15, 0.2) is 0 Å². The molecule has 5 fully saturated rings. The van der Waals surface area contributed by atoms with E-state index in [1.165, 1.54) is 62.7 Å². The minimum Gasteiger partial charge on any atom is -0.491 e. The molecule has 0 bridgehead atoms.